The molecule has 0 saturated carbocycles. The van der Waals surface area contributed by atoms with Crippen LogP contribution in [0.15, 0.2) is 5.38 Å². The van der Waals surface area contributed by atoms with Crippen LogP contribution in [0.1, 0.15) is 37.7 Å². The van der Waals surface area contributed by atoms with Crippen molar-refractivity contribution in [2.24, 2.45) is 5.92 Å². The molecular formula is C12H16N2O5S. The van der Waals surface area contributed by atoms with E-state index in [0.29, 0.717) is 0 Å². The number of nitrogens with zero attached hydrogens (tertiary/aromatic N) is 1. The SMILES string of the molecule is CC(=O)Nc1nc(C(=O)O[C@H](CC(C)C)C(=O)O)cs1. The first-order valence-corrected chi connectivity index (χ1v) is 6.84. The monoisotopic (exact) mass is 300 g/mol. The van der Waals surface area contributed by atoms with Crippen molar-refractivity contribution >= 4 is 34.3 Å². The molecule has 1 atom stereocenters. The number of carboxylic acids is 1. The van der Waals surface area contributed by atoms with Crippen LogP contribution < -0.4 is 5.32 Å². The van der Waals surface area contributed by atoms with E-state index in [4.69, 9.17) is 9.84 Å². The molecule has 1 aromatic heterocycles. The maximum atomic E-state index is 11.8. The first-order valence-electron chi connectivity index (χ1n) is 5.96. The minimum Gasteiger partial charge on any atom is -0.479 e. The Morgan fingerprint density at radius 2 is 2.10 bits per heavy atom. The number of amides is 1. The summed E-state index contributed by atoms with van der Waals surface area (Å²) in [6.45, 7) is 4.99. The van der Waals surface area contributed by atoms with Crippen LogP contribution in [0.2, 0.25) is 0 Å². The highest BCUT2D eigenvalue weighted by molar-refractivity contribution is 7.14. The Bertz CT molecular complexity index is 512. The van der Waals surface area contributed by atoms with Crippen molar-refractivity contribution in [1.29, 1.82) is 0 Å². The second-order valence-electron chi connectivity index (χ2n) is 4.58. The highest BCUT2D eigenvalue weighted by Crippen LogP contribution is 2.17. The molecule has 1 amide bonds. The van der Waals surface area contributed by atoms with Crippen LogP contribution in [0.3, 0.4) is 0 Å². The highest BCUT2D eigenvalue weighted by Gasteiger charge is 2.25. The van der Waals surface area contributed by atoms with Crippen LogP contribution in [-0.4, -0.2) is 34.0 Å². The van der Waals surface area contributed by atoms with Crippen LogP contribution >= 0.6 is 11.3 Å². The molecule has 1 rings (SSSR count). The van der Waals surface area contributed by atoms with E-state index in [-0.39, 0.29) is 29.1 Å². The fourth-order valence-electron chi connectivity index (χ4n) is 1.39. The van der Waals surface area contributed by atoms with Crippen molar-refractivity contribution in [3.63, 3.8) is 0 Å². The summed E-state index contributed by atoms with van der Waals surface area (Å²) in [6, 6.07) is 0. The Morgan fingerprint density at radius 3 is 2.60 bits per heavy atom. The number of hydrogen-bond donors (Lipinski definition) is 2. The van der Waals surface area contributed by atoms with E-state index >= 15 is 0 Å². The van der Waals surface area contributed by atoms with Gasteiger partial charge in [-0.1, -0.05) is 13.8 Å². The fourth-order valence-corrected chi connectivity index (χ4v) is 2.12. The van der Waals surface area contributed by atoms with E-state index in [1.54, 1.807) is 0 Å². The van der Waals surface area contributed by atoms with Crippen LogP contribution in [-0.2, 0) is 14.3 Å². The highest BCUT2D eigenvalue weighted by atomic mass is 32.1. The number of aliphatic carboxylic acids is 1. The van der Waals surface area contributed by atoms with E-state index in [1.165, 1.54) is 12.3 Å². The van der Waals surface area contributed by atoms with Crippen molar-refractivity contribution in [1.82, 2.24) is 4.98 Å². The summed E-state index contributed by atoms with van der Waals surface area (Å²) in [5, 5.41) is 13.1. The van der Waals surface area contributed by atoms with E-state index < -0.39 is 18.0 Å². The molecule has 2 N–H and O–H groups in total. The third-order valence-electron chi connectivity index (χ3n) is 2.21. The molecule has 0 radical (unpaired) electrons. The molecule has 0 aliphatic carbocycles. The normalized spacial score (nSPS) is 12.0. The van der Waals surface area contributed by atoms with E-state index in [2.05, 4.69) is 10.3 Å². The van der Waals surface area contributed by atoms with Crippen LogP contribution in [0.4, 0.5) is 5.13 Å². The van der Waals surface area contributed by atoms with Crippen molar-refractivity contribution < 1.29 is 24.2 Å². The summed E-state index contributed by atoms with van der Waals surface area (Å²) < 4.78 is 4.92. The van der Waals surface area contributed by atoms with Crippen molar-refractivity contribution in [2.75, 3.05) is 5.32 Å². The molecule has 7 nitrogen and oxygen atoms in total. The quantitative estimate of drug-likeness (QED) is 0.775. The summed E-state index contributed by atoms with van der Waals surface area (Å²) in [6.07, 6.45) is -0.975. The van der Waals surface area contributed by atoms with Crippen molar-refractivity contribution in [3.05, 3.63) is 11.1 Å². The number of anilines is 1. The summed E-state index contributed by atoms with van der Waals surface area (Å²) in [4.78, 5) is 37.5. The van der Waals surface area contributed by atoms with Gasteiger partial charge in [0.2, 0.25) is 5.91 Å². The van der Waals surface area contributed by atoms with Crippen LogP contribution in [0.25, 0.3) is 0 Å². The predicted octanol–water partition coefficient (Wildman–Crippen LogP) is 1.76. The van der Waals surface area contributed by atoms with Gasteiger partial charge in [-0.15, -0.1) is 11.3 Å². The lowest BCUT2D eigenvalue weighted by atomic mass is 10.1. The fraction of sp³-hybridized carbons (Fsp3) is 0.500. The zero-order chi connectivity index (χ0) is 15.3. The van der Waals surface area contributed by atoms with Gasteiger partial charge < -0.3 is 15.2 Å². The standard InChI is InChI=1S/C12H16N2O5S/c1-6(2)4-9(10(16)17)19-11(18)8-5-20-12(14-8)13-7(3)15/h5-6,9H,4H2,1-3H3,(H,16,17)(H,13,14,15)/t9-/m1/s1. The van der Waals surface area contributed by atoms with Gasteiger partial charge >= 0.3 is 11.9 Å². The van der Waals surface area contributed by atoms with Gasteiger partial charge in [-0.2, -0.15) is 0 Å². The number of esters is 1. The number of aromatic nitrogens is 1. The number of rotatable bonds is 6. The molecule has 0 aliphatic heterocycles. The van der Waals surface area contributed by atoms with Crippen molar-refractivity contribution in [2.45, 2.75) is 33.3 Å². The molecule has 0 unspecified atom stereocenters. The van der Waals surface area contributed by atoms with E-state index in [0.717, 1.165) is 11.3 Å². The summed E-state index contributed by atoms with van der Waals surface area (Å²) in [7, 11) is 0. The number of thiazole rings is 1. The van der Waals surface area contributed by atoms with Gasteiger partial charge in [0.15, 0.2) is 16.9 Å². The molecular weight excluding hydrogens is 284 g/mol. The molecule has 1 aromatic rings. The van der Waals surface area contributed by atoms with Gasteiger partial charge in [-0.3, -0.25) is 4.79 Å². The number of hydrogen-bond acceptors (Lipinski definition) is 6. The maximum Gasteiger partial charge on any atom is 0.358 e. The molecule has 0 aromatic carbocycles. The smallest absolute Gasteiger partial charge is 0.358 e. The van der Waals surface area contributed by atoms with Gasteiger partial charge in [-0.05, 0) is 12.3 Å². The number of carbonyl (C=O) groups excluding carboxylic acids is 2. The van der Waals surface area contributed by atoms with Gasteiger partial charge in [0.1, 0.15) is 0 Å². The minimum atomic E-state index is -1.20. The zero-order valence-electron chi connectivity index (χ0n) is 11.4. The number of carboxylic acid groups (broad SMARTS) is 1. The molecule has 0 aliphatic rings. The predicted molar refractivity (Wildman–Crippen MR) is 72.7 cm³/mol. The summed E-state index contributed by atoms with van der Waals surface area (Å²) in [5.74, 6) is -2.23. The number of nitrogens with one attached hydrogen (secondary N) is 1. The van der Waals surface area contributed by atoms with E-state index in [1.807, 2.05) is 13.8 Å². The number of ether oxygens (including phenoxy) is 1. The van der Waals surface area contributed by atoms with Gasteiger partial charge in [-0.25, -0.2) is 14.6 Å². The first-order chi connectivity index (χ1) is 9.29. The molecule has 110 valence electrons. The third kappa shape index (κ3) is 4.96. The minimum absolute atomic E-state index is 0.0197. The van der Waals surface area contributed by atoms with Crippen LogP contribution in [0.5, 0.6) is 0 Å². The molecule has 0 bridgehead atoms. The molecule has 0 saturated heterocycles. The Kier molecular flexibility index (Phi) is 5.63. The zero-order valence-corrected chi connectivity index (χ0v) is 12.2. The van der Waals surface area contributed by atoms with Gasteiger partial charge in [0.05, 0.1) is 0 Å². The van der Waals surface area contributed by atoms with Gasteiger partial charge in [0, 0.05) is 12.3 Å². The second-order valence-corrected chi connectivity index (χ2v) is 5.44. The number of carbonyl (C=O) groups is 3. The van der Waals surface area contributed by atoms with E-state index in [9.17, 15) is 14.4 Å². The van der Waals surface area contributed by atoms with Gasteiger partial charge in [0.25, 0.3) is 0 Å². The largest absolute Gasteiger partial charge is 0.479 e. The third-order valence-corrected chi connectivity index (χ3v) is 2.96. The van der Waals surface area contributed by atoms with Crippen LogP contribution in [0, 0.1) is 5.92 Å². The lowest BCUT2D eigenvalue weighted by Crippen LogP contribution is -2.28. The average Bonchev–Trinajstić information content (AvgIpc) is 2.74. The molecule has 20 heavy (non-hydrogen) atoms. The lowest BCUT2D eigenvalue weighted by molar-refractivity contribution is -0.148. The molecule has 1 heterocycles. The summed E-state index contributed by atoms with van der Waals surface area (Å²) in [5.41, 5.74) is -0.0197. The summed E-state index contributed by atoms with van der Waals surface area (Å²) >= 11 is 1.06. The second kappa shape index (κ2) is 6.99. The maximum absolute atomic E-state index is 11.8. The molecule has 8 heteroatoms. The molecule has 0 spiro atoms. The lowest BCUT2D eigenvalue weighted by Gasteiger charge is -2.14. The average molecular weight is 300 g/mol. The Balaban J connectivity index is 2.71. The Labute approximate surface area is 120 Å². The molecule has 0 fully saturated rings. The topological polar surface area (TPSA) is 106 Å². The first kappa shape index (κ1) is 16.1. The Hall–Kier alpha value is -1.96. The Morgan fingerprint density at radius 1 is 1.45 bits per heavy atom. The van der Waals surface area contributed by atoms with Crippen molar-refractivity contribution in [3.8, 4) is 0 Å².